The molecule has 1 fully saturated rings. The fourth-order valence-corrected chi connectivity index (χ4v) is 2.71. The van der Waals surface area contributed by atoms with E-state index < -0.39 is 18.0 Å². The molecule has 3 amide bonds. The molecule has 1 aromatic carbocycles. The van der Waals surface area contributed by atoms with Gasteiger partial charge in [-0.25, -0.2) is 0 Å². The van der Waals surface area contributed by atoms with Gasteiger partial charge in [-0.1, -0.05) is 18.2 Å². The van der Waals surface area contributed by atoms with Gasteiger partial charge in [0.05, 0.1) is 6.42 Å². The summed E-state index contributed by atoms with van der Waals surface area (Å²) in [6, 6.07) is 8.87. The number of carbonyl (C=O) groups is 4. The molecule has 0 aromatic heterocycles. The highest BCUT2D eigenvalue weighted by Crippen LogP contribution is 2.09. The summed E-state index contributed by atoms with van der Waals surface area (Å²) in [6.45, 7) is 4.92. The van der Waals surface area contributed by atoms with E-state index in [0.29, 0.717) is 31.9 Å². The van der Waals surface area contributed by atoms with Crippen LogP contribution in [0, 0.1) is 0 Å². The van der Waals surface area contributed by atoms with Crippen molar-refractivity contribution in [3.05, 3.63) is 30.3 Å². The van der Waals surface area contributed by atoms with Crippen molar-refractivity contribution >= 4 is 29.4 Å². The highest BCUT2D eigenvalue weighted by Gasteiger charge is 2.24. The first-order valence-corrected chi connectivity index (χ1v) is 8.95. The number of piperazine rings is 1. The van der Waals surface area contributed by atoms with Crippen molar-refractivity contribution in [3.63, 3.8) is 0 Å². The molecule has 2 rings (SSSR count). The van der Waals surface area contributed by atoms with Gasteiger partial charge in [0.15, 0.2) is 6.10 Å². The first-order valence-electron chi connectivity index (χ1n) is 8.95. The number of anilines is 1. The van der Waals surface area contributed by atoms with E-state index in [2.05, 4.69) is 5.32 Å². The van der Waals surface area contributed by atoms with Crippen LogP contribution >= 0.6 is 0 Å². The van der Waals surface area contributed by atoms with E-state index in [1.54, 1.807) is 34.1 Å². The van der Waals surface area contributed by atoms with Crippen LogP contribution in [-0.4, -0.2) is 65.8 Å². The summed E-state index contributed by atoms with van der Waals surface area (Å²) in [5.41, 5.74) is 0.616. The fraction of sp³-hybridized carbons (Fsp3) is 0.474. The molecule has 0 saturated carbocycles. The molecule has 0 spiro atoms. The summed E-state index contributed by atoms with van der Waals surface area (Å²) >= 11 is 0. The topological polar surface area (TPSA) is 96.0 Å². The van der Waals surface area contributed by atoms with E-state index in [9.17, 15) is 19.2 Å². The first kappa shape index (κ1) is 20.4. The van der Waals surface area contributed by atoms with Crippen LogP contribution in [-0.2, 0) is 23.9 Å². The maximum atomic E-state index is 12.2. The minimum atomic E-state index is -0.952. The molecule has 0 radical (unpaired) electrons. The minimum absolute atomic E-state index is 0.00607. The molecular weight excluding hydrogens is 350 g/mol. The van der Waals surface area contributed by atoms with Crippen molar-refractivity contribution in [1.29, 1.82) is 0 Å². The molecular formula is C19H25N3O5. The summed E-state index contributed by atoms with van der Waals surface area (Å²) in [6.07, 6.45) is -1.02. The van der Waals surface area contributed by atoms with Gasteiger partial charge >= 0.3 is 5.97 Å². The number of nitrogens with zero attached hydrogens (tertiary/aromatic N) is 2. The number of rotatable bonds is 6. The van der Waals surface area contributed by atoms with Crippen LogP contribution in [0.1, 0.15) is 26.7 Å². The minimum Gasteiger partial charge on any atom is -0.453 e. The lowest BCUT2D eigenvalue weighted by atomic mass is 10.2. The van der Waals surface area contributed by atoms with Crippen molar-refractivity contribution < 1.29 is 23.9 Å². The second kappa shape index (κ2) is 9.70. The number of ether oxygens (including phenoxy) is 1. The standard InChI is InChI=1S/C19H25N3O5/c1-14(19(26)20-16-6-4-3-5-7-16)27-18(25)9-8-17(24)22-12-10-21(11-13-22)15(2)23/h3-7,14H,8-13H2,1-2H3,(H,20,26)/t14-/m0/s1. The fourth-order valence-electron chi connectivity index (χ4n) is 2.71. The normalized spacial score (nSPS) is 15.0. The largest absolute Gasteiger partial charge is 0.453 e. The van der Waals surface area contributed by atoms with Crippen molar-refractivity contribution in [2.24, 2.45) is 0 Å². The molecule has 1 aromatic rings. The zero-order valence-electron chi connectivity index (χ0n) is 15.6. The predicted molar refractivity (Wildman–Crippen MR) is 98.7 cm³/mol. The quantitative estimate of drug-likeness (QED) is 0.749. The highest BCUT2D eigenvalue weighted by molar-refractivity contribution is 5.95. The average Bonchev–Trinajstić information content (AvgIpc) is 2.66. The Hall–Kier alpha value is -2.90. The Balaban J connectivity index is 1.70. The lowest BCUT2D eigenvalue weighted by molar-refractivity contribution is -0.154. The Bertz CT molecular complexity index is 684. The smallest absolute Gasteiger partial charge is 0.307 e. The van der Waals surface area contributed by atoms with Gasteiger partial charge < -0.3 is 19.9 Å². The molecule has 8 heteroatoms. The van der Waals surface area contributed by atoms with Gasteiger partial charge in [0.25, 0.3) is 5.91 Å². The van der Waals surface area contributed by atoms with Crippen LogP contribution in [0.15, 0.2) is 30.3 Å². The molecule has 1 aliphatic rings. The third-order valence-electron chi connectivity index (χ3n) is 4.34. The molecule has 1 heterocycles. The van der Waals surface area contributed by atoms with Crippen LogP contribution in [0.2, 0.25) is 0 Å². The maximum absolute atomic E-state index is 12.2. The van der Waals surface area contributed by atoms with Gasteiger partial charge in [0.2, 0.25) is 11.8 Å². The van der Waals surface area contributed by atoms with Crippen LogP contribution in [0.25, 0.3) is 0 Å². The molecule has 0 aliphatic carbocycles. The molecule has 1 saturated heterocycles. The van der Waals surface area contributed by atoms with Gasteiger partial charge in [-0.3, -0.25) is 19.2 Å². The summed E-state index contributed by atoms with van der Waals surface area (Å²) in [5, 5.41) is 2.65. The Labute approximate surface area is 158 Å². The summed E-state index contributed by atoms with van der Waals surface area (Å²) in [5.74, 6) is -1.19. The number of para-hydroxylation sites is 1. The summed E-state index contributed by atoms with van der Waals surface area (Å²) < 4.78 is 5.10. The zero-order chi connectivity index (χ0) is 19.8. The Morgan fingerprint density at radius 1 is 1.00 bits per heavy atom. The van der Waals surface area contributed by atoms with E-state index in [4.69, 9.17) is 4.74 Å². The van der Waals surface area contributed by atoms with Gasteiger partial charge in [-0.2, -0.15) is 0 Å². The molecule has 8 nitrogen and oxygen atoms in total. The monoisotopic (exact) mass is 375 g/mol. The lowest BCUT2D eigenvalue weighted by Gasteiger charge is -2.34. The third-order valence-corrected chi connectivity index (χ3v) is 4.34. The van der Waals surface area contributed by atoms with Gasteiger partial charge in [0.1, 0.15) is 0 Å². The Morgan fingerprint density at radius 3 is 2.19 bits per heavy atom. The summed E-state index contributed by atoms with van der Waals surface area (Å²) in [7, 11) is 0. The number of hydrogen-bond donors (Lipinski definition) is 1. The zero-order valence-corrected chi connectivity index (χ0v) is 15.6. The van der Waals surface area contributed by atoms with E-state index in [-0.39, 0.29) is 24.7 Å². The second-order valence-corrected chi connectivity index (χ2v) is 6.37. The SMILES string of the molecule is CC(=O)N1CCN(C(=O)CCC(=O)O[C@@H](C)C(=O)Nc2ccccc2)CC1. The maximum Gasteiger partial charge on any atom is 0.307 e. The molecule has 1 N–H and O–H groups in total. The van der Waals surface area contributed by atoms with Crippen LogP contribution in [0.4, 0.5) is 5.69 Å². The van der Waals surface area contributed by atoms with Gasteiger partial charge in [-0.05, 0) is 19.1 Å². The lowest BCUT2D eigenvalue weighted by Crippen LogP contribution is -2.50. The predicted octanol–water partition coefficient (Wildman–Crippen LogP) is 1.03. The van der Waals surface area contributed by atoms with E-state index in [1.807, 2.05) is 6.07 Å². The highest BCUT2D eigenvalue weighted by atomic mass is 16.5. The molecule has 146 valence electrons. The Morgan fingerprint density at radius 2 is 1.59 bits per heavy atom. The van der Waals surface area contributed by atoms with Crippen molar-refractivity contribution in [2.75, 3.05) is 31.5 Å². The number of hydrogen-bond acceptors (Lipinski definition) is 5. The van der Waals surface area contributed by atoms with Crippen molar-refractivity contribution in [2.45, 2.75) is 32.8 Å². The molecule has 0 unspecified atom stereocenters. The van der Waals surface area contributed by atoms with E-state index in [1.165, 1.54) is 13.8 Å². The molecule has 1 aliphatic heterocycles. The number of esters is 1. The van der Waals surface area contributed by atoms with Crippen LogP contribution in [0.3, 0.4) is 0 Å². The Kier molecular flexibility index (Phi) is 7.34. The average molecular weight is 375 g/mol. The number of nitrogens with one attached hydrogen (secondary N) is 1. The number of carbonyl (C=O) groups excluding carboxylic acids is 4. The molecule has 1 atom stereocenters. The summed E-state index contributed by atoms with van der Waals surface area (Å²) in [4.78, 5) is 50.7. The van der Waals surface area contributed by atoms with E-state index in [0.717, 1.165) is 0 Å². The van der Waals surface area contributed by atoms with Crippen molar-refractivity contribution in [1.82, 2.24) is 9.80 Å². The van der Waals surface area contributed by atoms with Gasteiger partial charge in [-0.15, -0.1) is 0 Å². The van der Waals surface area contributed by atoms with Crippen LogP contribution < -0.4 is 5.32 Å². The molecule has 27 heavy (non-hydrogen) atoms. The van der Waals surface area contributed by atoms with Crippen molar-refractivity contribution in [3.8, 4) is 0 Å². The number of benzene rings is 1. The number of amides is 3. The molecule has 0 bridgehead atoms. The van der Waals surface area contributed by atoms with E-state index >= 15 is 0 Å². The van der Waals surface area contributed by atoms with Crippen LogP contribution in [0.5, 0.6) is 0 Å². The third kappa shape index (κ3) is 6.40. The first-order chi connectivity index (χ1) is 12.9. The second-order valence-electron chi connectivity index (χ2n) is 6.37. The van der Waals surface area contributed by atoms with Gasteiger partial charge in [0, 0.05) is 45.2 Å².